The predicted octanol–water partition coefficient (Wildman–Crippen LogP) is 2.51. The van der Waals surface area contributed by atoms with Crippen molar-refractivity contribution >= 4 is 11.8 Å². The summed E-state index contributed by atoms with van der Waals surface area (Å²) in [6, 6.07) is 10.8. The zero-order valence-electron chi connectivity index (χ0n) is 16.8. The molecule has 1 aliphatic carbocycles. The molecular weight excluding hydrogens is 350 g/mol. The van der Waals surface area contributed by atoms with Crippen LogP contribution < -0.4 is 10.6 Å². The highest BCUT2D eigenvalue weighted by atomic mass is 16.2. The van der Waals surface area contributed by atoms with Crippen LogP contribution in [0.5, 0.6) is 0 Å². The van der Waals surface area contributed by atoms with E-state index in [4.69, 9.17) is 0 Å². The number of piperidine rings is 1. The molecule has 3 fully saturated rings. The maximum Gasteiger partial charge on any atom is 0.236 e. The van der Waals surface area contributed by atoms with Gasteiger partial charge in [0, 0.05) is 32.2 Å². The molecule has 1 aromatic rings. The Kier molecular flexibility index (Phi) is 6.00. The van der Waals surface area contributed by atoms with E-state index in [1.807, 2.05) is 0 Å². The highest BCUT2D eigenvalue weighted by Crippen LogP contribution is 2.45. The van der Waals surface area contributed by atoms with E-state index in [1.54, 1.807) is 0 Å². The Labute approximate surface area is 168 Å². The lowest BCUT2D eigenvalue weighted by molar-refractivity contribution is -0.145. The molecule has 1 saturated carbocycles. The third kappa shape index (κ3) is 3.95. The Morgan fingerprint density at radius 2 is 1.82 bits per heavy atom. The predicted molar refractivity (Wildman–Crippen MR) is 110 cm³/mol. The molecule has 1 aromatic carbocycles. The number of carbonyl (C=O) groups excluding carboxylic acids is 2. The summed E-state index contributed by atoms with van der Waals surface area (Å²) in [7, 11) is 0. The van der Waals surface area contributed by atoms with E-state index in [2.05, 4.69) is 45.9 Å². The summed E-state index contributed by atoms with van der Waals surface area (Å²) in [6.45, 7) is 3.74. The first kappa shape index (κ1) is 19.4. The number of nitrogens with one attached hydrogen (secondary N) is 2. The lowest BCUT2D eigenvalue weighted by atomic mass is 9.72. The van der Waals surface area contributed by atoms with Crippen LogP contribution in [0.4, 0.5) is 0 Å². The van der Waals surface area contributed by atoms with Gasteiger partial charge in [-0.15, -0.1) is 0 Å². The number of carbonyl (C=O) groups is 2. The van der Waals surface area contributed by atoms with Crippen LogP contribution in [0.3, 0.4) is 0 Å². The monoisotopic (exact) mass is 383 g/mol. The molecule has 152 valence electrons. The smallest absolute Gasteiger partial charge is 0.236 e. The van der Waals surface area contributed by atoms with Crippen LogP contribution in [-0.4, -0.2) is 48.9 Å². The number of likely N-dealkylation sites (tertiary alicyclic amines) is 1. The van der Waals surface area contributed by atoms with Gasteiger partial charge < -0.3 is 15.5 Å². The fourth-order valence-corrected chi connectivity index (χ4v) is 5.40. The van der Waals surface area contributed by atoms with Crippen molar-refractivity contribution in [3.8, 4) is 0 Å². The van der Waals surface area contributed by atoms with Gasteiger partial charge in [0.1, 0.15) is 5.41 Å². The van der Waals surface area contributed by atoms with Crippen LogP contribution in [0.15, 0.2) is 30.3 Å². The molecule has 0 radical (unpaired) electrons. The Morgan fingerprint density at radius 1 is 1.11 bits per heavy atom. The molecule has 28 heavy (non-hydrogen) atoms. The van der Waals surface area contributed by atoms with Crippen LogP contribution in [-0.2, 0) is 16.0 Å². The van der Waals surface area contributed by atoms with E-state index in [1.165, 1.54) is 5.56 Å². The van der Waals surface area contributed by atoms with Gasteiger partial charge in [-0.2, -0.15) is 0 Å². The van der Waals surface area contributed by atoms with Gasteiger partial charge in [0.2, 0.25) is 11.8 Å². The van der Waals surface area contributed by atoms with Crippen molar-refractivity contribution in [2.45, 2.75) is 57.4 Å². The molecular formula is C23H33N3O2. The van der Waals surface area contributed by atoms with Gasteiger partial charge in [-0.1, -0.05) is 43.2 Å². The Balaban J connectivity index is 1.29. The summed E-state index contributed by atoms with van der Waals surface area (Å²) in [4.78, 5) is 28.4. The summed E-state index contributed by atoms with van der Waals surface area (Å²) < 4.78 is 0. The summed E-state index contributed by atoms with van der Waals surface area (Å²) in [5, 5.41) is 6.21. The van der Waals surface area contributed by atoms with E-state index in [0.717, 1.165) is 64.6 Å². The summed E-state index contributed by atoms with van der Waals surface area (Å²) in [5.74, 6) is 0.190. The van der Waals surface area contributed by atoms with Crippen LogP contribution in [0.25, 0.3) is 0 Å². The molecule has 3 aliphatic rings. The maximum atomic E-state index is 13.2. The zero-order chi connectivity index (χ0) is 19.4. The second-order valence-corrected chi connectivity index (χ2v) is 8.78. The van der Waals surface area contributed by atoms with E-state index < -0.39 is 5.41 Å². The summed E-state index contributed by atoms with van der Waals surface area (Å²) in [5.41, 5.74) is 0.574. The Bertz CT molecular complexity index is 678. The molecule has 1 atom stereocenters. The normalized spacial score (nSPS) is 27.1. The highest BCUT2D eigenvalue weighted by molar-refractivity contribution is 6.06. The van der Waals surface area contributed by atoms with E-state index in [0.29, 0.717) is 13.0 Å². The van der Waals surface area contributed by atoms with Crippen molar-refractivity contribution in [3.63, 3.8) is 0 Å². The number of nitrogens with zero attached hydrogens (tertiary/aromatic N) is 1. The van der Waals surface area contributed by atoms with Gasteiger partial charge in [-0.3, -0.25) is 9.59 Å². The molecule has 2 aliphatic heterocycles. The number of amides is 2. The van der Waals surface area contributed by atoms with Crippen molar-refractivity contribution in [1.29, 1.82) is 0 Å². The zero-order valence-corrected chi connectivity index (χ0v) is 16.8. The molecule has 5 heteroatoms. The number of hydrogen-bond acceptors (Lipinski definition) is 3. The van der Waals surface area contributed by atoms with Gasteiger partial charge in [-0.25, -0.2) is 0 Å². The van der Waals surface area contributed by atoms with Crippen molar-refractivity contribution in [2.24, 2.45) is 11.3 Å². The molecule has 2 heterocycles. The third-order valence-electron chi connectivity index (χ3n) is 7.15. The average molecular weight is 384 g/mol. The van der Waals surface area contributed by atoms with Gasteiger partial charge in [0.25, 0.3) is 0 Å². The van der Waals surface area contributed by atoms with E-state index in [-0.39, 0.29) is 23.8 Å². The van der Waals surface area contributed by atoms with Crippen LogP contribution in [0, 0.1) is 11.3 Å². The van der Waals surface area contributed by atoms with Crippen molar-refractivity contribution in [3.05, 3.63) is 35.9 Å². The lowest BCUT2D eigenvalue weighted by Crippen LogP contribution is -2.54. The molecule has 5 nitrogen and oxygen atoms in total. The van der Waals surface area contributed by atoms with Crippen LogP contribution in [0.2, 0.25) is 0 Å². The number of benzene rings is 1. The van der Waals surface area contributed by atoms with Gasteiger partial charge in [0.05, 0.1) is 0 Å². The minimum Gasteiger partial charge on any atom is -0.355 e. The average Bonchev–Trinajstić information content (AvgIpc) is 3.38. The fraction of sp³-hybridized carbons (Fsp3) is 0.652. The van der Waals surface area contributed by atoms with Gasteiger partial charge in [0.15, 0.2) is 0 Å². The third-order valence-corrected chi connectivity index (χ3v) is 7.15. The minimum atomic E-state index is -0.805. The second kappa shape index (κ2) is 8.64. The Hall–Kier alpha value is -1.88. The van der Waals surface area contributed by atoms with Crippen LogP contribution >= 0.6 is 0 Å². The standard InChI is InChI=1S/C23H33N3O2/c27-21-23(13-14-24-21,19-8-4-5-9-19)22(28)25-20-11-16-26(17-12-20)15-10-18-6-2-1-3-7-18/h1-3,6-7,19-20H,4-5,8-17H2,(H,24,27)(H,25,28). The van der Waals surface area contributed by atoms with E-state index in [9.17, 15) is 9.59 Å². The van der Waals surface area contributed by atoms with Gasteiger partial charge in [-0.05, 0) is 50.0 Å². The molecule has 2 N–H and O–H groups in total. The minimum absolute atomic E-state index is 0.00265. The lowest BCUT2D eigenvalue weighted by Gasteiger charge is -2.36. The molecule has 0 spiro atoms. The first-order chi connectivity index (χ1) is 13.7. The molecule has 2 saturated heterocycles. The van der Waals surface area contributed by atoms with Crippen molar-refractivity contribution in [1.82, 2.24) is 15.5 Å². The second-order valence-electron chi connectivity index (χ2n) is 8.78. The first-order valence-corrected chi connectivity index (χ1v) is 11.0. The molecule has 2 amide bonds. The SMILES string of the molecule is O=C1NCCC1(C(=O)NC1CCN(CCc2ccccc2)CC1)C1CCCC1. The van der Waals surface area contributed by atoms with E-state index >= 15 is 0 Å². The quantitative estimate of drug-likeness (QED) is 0.742. The van der Waals surface area contributed by atoms with Gasteiger partial charge >= 0.3 is 0 Å². The largest absolute Gasteiger partial charge is 0.355 e. The number of hydrogen-bond donors (Lipinski definition) is 2. The summed E-state index contributed by atoms with van der Waals surface area (Å²) in [6.07, 6.45) is 8.00. The molecule has 0 bridgehead atoms. The molecule has 4 rings (SSSR count). The molecule has 0 aromatic heterocycles. The summed E-state index contributed by atoms with van der Waals surface area (Å²) >= 11 is 0. The van der Waals surface area contributed by atoms with Crippen molar-refractivity contribution in [2.75, 3.05) is 26.2 Å². The number of rotatable bonds is 6. The molecule has 1 unspecified atom stereocenters. The maximum absolute atomic E-state index is 13.2. The first-order valence-electron chi connectivity index (χ1n) is 11.0. The van der Waals surface area contributed by atoms with Crippen LogP contribution in [0.1, 0.15) is 50.5 Å². The highest BCUT2D eigenvalue weighted by Gasteiger charge is 2.55. The fourth-order valence-electron chi connectivity index (χ4n) is 5.40. The van der Waals surface area contributed by atoms with Crippen molar-refractivity contribution < 1.29 is 9.59 Å². The Morgan fingerprint density at radius 3 is 2.46 bits per heavy atom. The topological polar surface area (TPSA) is 61.4 Å².